The van der Waals surface area contributed by atoms with Crippen molar-refractivity contribution in [2.45, 2.75) is 70.6 Å². The second-order valence-corrected chi connectivity index (χ2v) is 8.43. The maximum atomic E-state index is 12.3. The monoisotopic (exact) mass is 311 g/mol. The van der Waals surface area contributed by atoms with Gasteiger partial charge in [0.05, 0.1) is 0 Å². The summed E-state index contributed by atoms with van der Waals surface area (Å²) < 4.78 is 0. The molecule has 0 spiro atoms. The summed E-state index contributed by atoms with van der Waals surface area (Å²) in [6, 6.07) is 0. The smallest absolute Gasteiger partial charge is 0.220 e. The van der Waals surface area contributed by atoms with Crippen LogP contribution in [0.15, 0.2) is 0 Å². The molecule has 0 atom stereocenters. The molecule has 1 amide bonds. The molecule has 4 rings (SSSR count). The largest absolute Gasteiger partial charge is 0.356 e. The molecule has 4 aliphatic rings. The van der Waals surface area contributed by atoms with Crippen molar-refractivity contribution in [1.82, 2.24) is 5.32 Å². The van der Waals surface area contributed by atoms with E-state index < -0.39 is 0 Å². The number of amides is 1. The molecule has 0 aromatic rings. The SMILES string of the molecule is O=C(CC12CC3CC(CC(C3)C1)C2)NCCCCCCCl. The number of carbonyl (C=O) groups is 1. The first-order chi connectivity index (χ1) is 10.2. The normalized spacial score (nSPS) is 36.9. The number of alkyl halides is 1. The predicted molar refractivity (Wildman–Crippen MR) is 87.4 cm³/mol. The van der Waals surface area contributed by atoms with Crippen molar-refractivity contribution in [1.29, 1.82) is 0 Å². The first-order valence-corrected chi connectivity index (χ1v) is 9.55. The fourth-order valence-corrected chi connectivity index (χ4v) is 5.90. The van der Waals surface area contributed by atoms with Gasteiger partial charge in [-0.2, -0.15) is 0 Å². The third kappa shape index (κ3) is 3.94. The molecule has 0 radical (unpaired) electrons. The molecule has 1 N–H and O–H groups in total. The minimum Gasteiger partial charge on any atom is -0.356 e. The van der Waals surface area contributed by atoms with Crippen LogP contribution in [0.1, 0.15) is 70.6 Å². The van der Waals surface area contributed by atoms with E-state index in [-0.39, 0.29) is 0 Å². The Kier molecular flexibility index (Phi) is 5.14. The van der Waals surface area contributed by atoms with Crippen molar-refractivity contribution in [2.24, 2.45) is 23.2 Å². The fourth-order valence-electron chi connectivity index (χ4n) is 5.71. The standard InChI is InChI=1S/C18H30ClNO/c19-5-3-1-2-4-6-20-17(21)13-18-10-14-7-15(11-18)9-16(8-14)12-18/h14-16H,1-13H2,(H,20,21). The molecule has 4 bridgehead atoms. The molecule has 0 saturated heterocycles. The van der Waals surface area contributed by atoms with E-state index >= 15 is 0 Å². The molecule has 0 aromatic carbocycles. The lowest BCUT2D eigenvalue weighted by molar-refractivity contribution is -0.129. The van der Waals surface area contributed by atoms with E-state index in [1.165, 1.54) is 51.4 Å². The number of hydrogen-bond donors (Lipinski definition) is 1. The summed E-state index contributed by atoms with van der Waals surface area (Å²) in [5.74, 6) is 3.91. The topological polar surface area (TPSA) is 29.1 Å². The van der Waals surface area contributed by atoms with Gasteiger partial charge in [-0.15, -0.1) is 11.6 Å². The Morgan fingerprint density at radius 1 is 0.952 bits per heavy atom. The molecule has 0 heterocycles. The number of rotatable bonds is 8. The van der Waals surface area contributed by atoms with Crippen LogP contribution < -0.4 is 5.32 Å². The maximum absolute atomic E-state index is 12.3. The van der Waals surface area contributed by atoms with Crippen LogP contribution in [-0.2, 0) is 4.79 Å². The van der Waals surface area contributed by atoms with Crippen LogP contribution in [0.5, 0.6) is 0 Å². The Bertz CT molecular complexity index is 333. The van der Waals surface area contributed by atoms with Gasteiger partial charge < -0.3 is 5.32 Å². The number of hydrogen-bond acceptors (Lipinski definition) is 1. The summed E-state index contributed by atoms with van der Waals surface area (Å²) >= 11 is 5.67. The van der Waals surface area contributed by atoms with Crippen molar-refractivity contribution in [3.8, 4) is 0 Å². The molecule has 2 nitrogen and oxygen atoms in total. The lowest BCUT2D eigenvalue weighted by Gasteiger charge is -2.56. The lowest BCUT2D eigenvalue weighted by Crippen LogP contribution is -2.48. The second-order valence-electron chi connectivity index (χ2n) is 8.05. The highest BCUT2D eigenvalue weighted by molar-refractivity contribution is 6.17. The van der Waals surface area contributed by atoms with Crippen molar-refractivity contribution in [3.63, 3.8) is 0 Å². The van der Waals surface area contributed by atoms with Gasteiger partial charge in [-0.25, -0.2) is 0 Å². The van der Waals surface area contributed by atoms with E-state index in [0.29, 0.717) is 11.3 Å². The highest BCUT2D eigenvalue weighted by Crippen LogP contribution is 2.61. The molecule has 3 heteroatoms. The van der Waals surface area contributed by atoms with Gasteiger partial charge in [0.2, 0.25) is 5.91 Å². The van der Waals surface area contributed by atoms with Crippen LogP contribution >= 0.6 is 11.6 Å². The quantitative estimate of drug-likeness (QED) is 0.518. The summed E-state index contributed by atoms with van der Waals surface area (Å²) in [7, 11) is 0. The van der Waals surface area contributed by atoms with Crippen molar-refractivity contribution in [3.05, 3.63) is 0 Å². The van der Waals surface area contributed by atoms with E-state index in [4.69, 9.17) is 11.6 Å². The van der Waals surface area contributed by atoms with Crippen LogP contribution in [0.4, 0.5) is 0 Å². The highest BCUT2D eigenvalue weighted by atomic mass is 35.5. The Balaban J connectivity index is 1.39. The Hall–Kier alpha value is -0.240. The number of nitrogens with one attached hydrogen (secondary N) is 1. The van der Waals surface area contributed by atoms with Gasteiger partial charge >= 0.3 is 0 Å². The van der Waals surface area contributed by atoms with Crippen LogP contribution in [0.2, 0.25) is 0 Å². The maximum Gasteiger partial charge on any atom is 0.220 e. The zero-order valence-corrected chi connectivity index (χ0v) is 14.0. The number of carbonyl (C=O) groups excluding carboxylic acids is 1. The Morgan fingerprint density at radius 2 is 1.52 bits per heavy atom. The Labute approximate surface area is 134 Å². The zero-order valence-electron chi connectivity index (χ0n) is 13.2. The molecule has 0 unspecified atom stereocenters. The molecular weight excluding hydrogens is 282 g/mol. The molecule has 4 saturated carbocycles. The van der Waals surface area contributed by atoms with Gasteiger partial charge in [0, 0.05) is 18.8 Å². The third-order valence-corrected chi connectivity index (χ3v) is 6.35. The van der Waals surface area contributed by atoms with Gasteiger partial charge in [-0.05, 0) is 74.5 Å². The third-order valence-electron chi connectivity index (χ3n) is 6.08. The molecule has 0 aliphatic heterocycles. The van der Waals surface area contributed by atoms with Crippen LogP contribution in [0.25, 0.3) is 0 Å². The first-order valence-electron chi connectivity index (χ1n) is 9.02. The summed E-state index contributed by atoms with van der Waals surface area (Å²) in [4.78, 5) is 12.3. The molecule has 4 aliphatic carbocycles. The average molecular weight is 312 g/mol. The van der Waals surface area contributed by atoms with E-state index in [0.717, 1.165) is 49.4 Å². The van der Waals surface area contributed by atoms with Crippen LogP contribution in [0, 0.1) is 23.2 Å². The molecular formula is C18H30ClNO. The number of unbranched alkanes of at least 4 members (excludes halogenated alkanes) is 3. The minimum absolute atomic E-state index is 0.314. The highest BCUT2D eigenvalue weighted by Gasteiger charge is 2.51. The summed E-state index contributed by atoms with van der Waals surface area (Å²) in [5.41, 5.74) is 0.386. The average Bonchev–Trinajstić information content (AvgIpc) is 2.40. The summed E-state index contributed by atoms with van der Waals surface area (Å²) in [6.45, 7) is 0.855. The Morgan fingerprint density at radius 3 is 2.10 bits per heavy atom. The lowest BCUT2D eigenvalue weighted by atomic mass is 9.49. The summed E-state index contributed by atoms with van der Waals surface area (Å²) in [5, 5.41) is 3.16. The number of halogens is 1. The zero-order chi connectivity index (χ0) is 14.7. The fraction of sp³-hybridized carbons (Fsp3) is 0.944. The van der Waals surface area contributed by atoms with Crippen LogP contribution in [-0.4, -0.2) is 18.3 Å². The van der Waals surface area contributed by atoms with Gasteiger partial charge in [-0.3, -0.25) is 4.79 Å². The van der Waals surface area contributed by atoms with Gasteiger partial charge in [0.1, 0.15) is 0 Å². The minimum atomic E-state index is 0.314. The first kappa shape index (κ1) is 15.6. The van der Waals surface area contributed by atoms with Crippen molar-refractivity contribution < 1.29 is 4.79 Å². The molecule has 4 fully saturated rings. The van der Waals surface area contributed by atoms with Gasteiger partial charge in [0.25, 0.3) is 0 Å². The summed E-state index contributed by atoms with van der Waals surface area (Å²) in [6.07, 6.45) is 13.8. The van der Waals surface area contributed by atoms with Crippen molar-refractivity contribution >= 4 is 17.5 Å². The van der Waals surface area contributed by atoms with Crippen molar-refractivity contribution in [2.75, 3.05) is 12.4 Å². The molecule has 21 heavy (non-hydrogen) atoms. The van der Waals surface area contributed by atoms with Gasteiger partial charge in [0.15, 0.2) is 0 Å². The van der Waals surface area contributed by atoms with E-state index in [9.17, 15) is 4.79 Å². The van der Waals surface area contributed by atoms with E-state index in [1.54, 1.807) is 0 Å². The second kappa shape index (κ2) is 6.89. The van der Waals surface area contributed by atoms with Gasteiger partial charge in [-0.1, -0.05) is 12.8 Å². The molecule has 0 aromatic heterocycles. The van der Waals surface area contributed by atoms with E-state index in [2.05, 4.69) is 5.32 Å². The van der Waals surface area contributed by atoms with Crippen LogP contribution in [0.3, 0.4) is 0 Å². The van der Waals surface area contributed by atoms with E-state index in [1.807, 2.05) is 0 Å². The predicted octanol–water partition coefficient (Wildman–Crippen LogP) is 4.51. The molecule has 120 valence electrons.